The maximum absolute atomic E-state index is 12.3. The van der Waals surface area contributed by atoms with Crippen LogP contribution in [-0.4, -0.2) is 18.5 Å². The smallest absolute Gasteiger partial charge is 0.241 e. The maximum Gasteiger partial charge on any atom is 0.241 e. The second-order valence-corrected chi connectivity index (χ2v) is 6.24. The Morgan fingerprint density at radius 1 is 1.20 bits per heavy atom. The number of halogens is 1. The van der Waals surface area contributed by atoms with Crippen molar-refractivity contribution in [2.24, 2.45) is 0 Å². The zero-order valence-electron chi connectivity index (χ0n) is 14.5. The van der Waals surface area contributed by atoms with E-state index < -0.39 is 0 Å². The third-order valence-electron chi connectivity index (χ3n) is 4.33. The number of benzene rings is 2. The number of carbonyl (C=O) groups excluding carboxylic acids is 1. The van der Waals surface area contributed by atoms with E-state index in [1.165, 1.54) is 0 Å². The number of aryl methyl sites for hydroxylation is 1. The van der Waals surface area contributed by atoms with Crippen LogP contribution in [0, 0.1) is 6.92 Å². The van der Waals surface area contributed by atoms with Crippen LogP contribution in [0.15, 0.2) is 48.5 Å². The van der Waals surface area contributed by atoms with Crippen LogP contribution in [0.25, 0.3) is 0 Å². The first-order chi connectivity index (χ1) is 11.7. The van der Waals surface area contributed by atoms with Crippen molar-refractivity contribution in [1.29, 1.82) is 0 Å². The monoisotopic (exact) mass is 360 g/mol. The summed E-state index contributed by atoms with van der Waals surface area (Å²) in [6.07, 6.45) is 3.16. The molecule has 1 saturated heterocycles. The Morgan fingerprint density at radius 2 is 2.00 bits per heavy atom. The van der Waals surface area contributed by atoms with Gasteiger partial charge in [0.2, 0.25) is 5.91 Å². The summed E-state index contributed by atoms with van der Waals surface area (Å²) in [5, 5.41) is 6.30. The van der Waals surface area contributed by atoms with E-state index in [1.54, 1.807) is 0 Å². The van der Waals surface area contributed by atoms with E-state index in [4.69, 9.17) is 4.74 Å². The Bertz CT molecular complexity index is 685. The Kier molecular flexibility index (Phi) is 7.29. The largest absolute Gasteiger partial charge is 0.489 e. The Labute approximate surface area is 155 Å². The van der Waals surface area contributed by atoms with Gasteiger partial charge in [-0.15, -0.1) is 12.4 Å². The predicted octanol–water partition coefficient (Wildman–Crippen LogP) is 4.08. The fourth-order valence-corrected chi connectivity index (χ4v) is 2.90. The summed E-state index contributed by atoms with van der Waals surface area (Å²) in [6.45, 7) is 3.45. The molecule has 1 aliphatic heterocycles. The van der Waals surface area contributed by atoms with Gasteiger partial charge in [0.25, 0.3) is 0 Å². The Hall–Kier alpha value is -2.04. The summed E-state index contributed by atoms with van der Waals surface area (Å²) < 4.78 is 5.82. The van der Waals surface area contributed by atoms with Gasteiger partial charge in [-0.1, -0.05) is 36.8 Å². The number of nitrogens with one attached hydrogen (secondary N) is 2. The molecule has 25 heavy (non-hydrogen) atoms. The fourth-order valence-electron chi connectivity index (χ4n) is 2.90. The first kappa shape index (κ1) is 19.3. The van der Waals surface area contributed by atoms with E-state index in [0.29, 0.717) is 6.61 Å². The Balaban J connectivity index is 0.00000225. The first-order valence-electron chi connectivity index (χ1n) is 8.54. The van der Waals surface area contributed by atoms with Crippen molar-refractivity contribution in [2.75, 3.05) is 11.9 Å². The molecule has 1 unspecified atom stereocenters. The van der Waals surface area contributed by atoms with Gasteiger partial charge in [0.05, 0.1) is 6.04 Å². The molecule has 0 radical (unpaired) electrons. The van der Waals surface area contributed by atoms with Crippen LogP contribution in [0.4, 0.5) is 5.69 Å². The molecule has 2 N–H and O–H groups in total. The van der Waals surface area contributed by atoms with Crippen molar-refractivity contribution in [2.45, 2.75) is 38.8 Å². The first-order valence-corrected chi connectivity index (χ1v) is 8.54. The van der Waals surface area contributed by atoms with Crippen LogP contribution < -0.4 is 15.4 Å². The number of rotatable bonds is 5. The summed E-state index contributed by atoms with van der Waals surface area (Å²) in [4.78, 5) is 12.3. The lowest BCUT2D eigenvalue weighted by Crippen LogP contribution is -2.43. The van der Waals surface area contributed by atoms with Crippen LogP contribution >= 0.6 is 12.4 Å². The minimum Gasteiger partial charge on any atom is -0.489 e. The second-order valence-electron chi connectivity index (χ2n) is 6.24. The van der Waals surface area contributed by atoms with Crippen LogP contribution in [0.3, 0.4) is 0 Å². The van der Waals surface area contributed by atoms with E-state index in [-0.39, 0.29) is 24.4 Å². The number of hydrogen-bond donors (Lipinski definition) is 2. The Morgan fingerprint density at radius 3 is 2.68 bits per heavy atom. The number of ether oxygens (including phenoxy) is 1. The molecule has 0 spiro atoms. The number of anilines is 1. The van der Waals surface area contributed by atoms with Gasteiger partial charge in [-0.3, -0.25) is 4.79 Å². The van der Waals surface area contributed by atoms with Crippen LogP contribution in [0.1, 0.15) is 30.4 Å². The summed E-state index contributed by atoms with van der Waals surface area (Å²) in [7, 11) is 0. The van der Waals surface area contributed by atoms with Crippen molar-refractivity contribution in [3.63, 3.8) is 0 Å². The number of piperidine rings is 1. The minimum atomic E-state index is -0.0767. The summed E-state index contributed by atoms with van der Waals surface area (Å²) in [5.41, 5.74) is 2.99. The van der Waals surface area contributed by atoms with Crippen molar-refractivity contribution in [3.8, 4) is 5.75 Å². The lowest BCUT2D eigenvalue weighted by Gasteiger charge is -2.23. The normalized spacial score (nSPS) is 16.6. The molecule has 0 aromatic heterocycles. The van der Waals surface area contributed by atoms with Gasteiger partial charge in [-0.25, -0.2) is 0 Å². The van der Waals surface area contributed by atoms with Crippen molar-refractivity contribution >= 4 is 24.0 Å². The van der Waals surface area contributed by atoms with Gasteiger partial charge >= 0.3 is 0 Å². The van der Waals surface area contributed by atoms with Crippen molar-refractivity contribution in [3.05, 3.63) is 59.7 Å². The lowest BCUT2D eigenvalue weighted by atomic mass is 10.0. The molecule has 4 nitrogen and oxygen atoms in total. The molecule has 1 atom stereocenters. The third kappa shape index (κ3) is 5.48. The highest BCUT2D eigenvalue weighted by Crippen LogP contribution is 2.23. The summed E-state index contributed by atoms with van der Waals surface area (Å²) >= 11 is 0. The zero-order valence-corrected chi connectivity index (χ0v) is 15.3. The van der Waals surface area contributed by atoms with Gasteiger partial charge in [0, 0.05) is 5.69 Å². The molecule has 0 saturated carbocycles. The molecule has 3 rings (SSSR count). The quantitative estimate of drug-likeness (QED) is 0.844. The van der Waals surface area contributed by atoms with Crippen molar-refractivity contribution < 1.29 is 9.53 Å². The molecule has 1 aliphatic rings. The van der Waals surface area contributed by atoms with E-state index >= 15 is 0 Å². The van der Waals surface area contributed by atoms with E-state index in [2.05, 4.69) is 10.6 Å². The molecular weight excluding hydrogens is 336 g/mol. The summed E-state index contributed by atoms with van der Waals surface area (Å²) in [6, 6.07) is 15.8. The highest BCUT2D eigenvalue weighted by Gasteiger charge is 2.20. The summed E-state index contributed by atoms with van der Waals surface area (Å²) in [5.74, 6) is 0.862. The third-order valence-corrected chi connectivity index (χ3v) is 4.33. The van der Waals surface area contributed by atoms with Crippen LogP contribution in [-0.2, 0) is 11.4 Å². The molecule has 134 valence electrons. The molecule has 2 aromatic rings. The van der Waals surface area contributed by atoms with Gasteiger partial charge in [0.1, 0.15) is 12.4 Å². The second kappa shape index (κ2) is 9.44. The molecule has 0 bridgehead atoms. The predicted molar refractivity (Wildman–Crippen MR) is 103 cm³/mol. The standard InChI is InChI=1S/C20H24N2O2.ClH/c1-15-13-17(24-14-16-7-3-2-4-8-16)10-11-18(15)22-20(23)19-9-5-6-12-21-19;/h2-4,7-8,10-11,13,19,21H,5-6,9,12,14H2,1H3,(H,22,23);1H. The molecule has 0 aliphatic carbocycles. The zero-order chi connectivity index (χ0) is 16.8. The van der Waals surface area contributed by atoms with Gasteiger partial charge in [-0.2, -0.15) is 0 Å². The molecule has 2 aromatic carbocycles. The number of carbonyl (C=O) groups is 1. The van der Waals surface area contributed by atoms with Crippen molar-refractivity contribution in [1.82, 2.24) is 5.32 Å². The van der Waals surface area contributed by atoms with Gasteiger partial charge < -0.3 is 15.4 Å². The topological polar surface area (TPSA) is 50.4 Å². The average Bonchev–Trinajstić information content (AvgIpc) is 2.63. The molecular formula is C20H25ClN2O2. The molecule has 1 amide bonds. The number of hydrogen-bond acceptors (Lipinski definition) is 3. The van der Waals surface area contributed by atoms with E-state index in [9.17, 15) is 4.79 Å². The molecule has 1 heterocycles. The SMILES string of the molecule is Cc1cc(OCc2ccccc2)ccc1NC(=O)C1CCCCN1.Cl. The fraction of sp³-hybridized carbons (Fsp3) is 0.350. The lowest BCUT2D eigenvalue weighted by molar-refractivity contribution is -0.118. The van der Waals surface area contributed by atoms with Crippen LogP contribution in [0.2, 0.25) is 0 Å². The van der Waals surface area contributed by atoms with Gasteiger partial charge in [-0.05, 0) is 55.6 Å². The maximum atomic E-state index is 12.3. The molecule has 5 heteroatoms. The van der Waals surface area contributed by atoms with E-state index in [1.807, 2.05) is 55.5 Å². The average molecular weight is 361 g/mol. The van der Waals surface area contributed by atoms with E-state index in [0.717, 1.165) is 48.4 Å². The minimum absolute atomic E-state index is 0. The highest BCUT2D eigenvalue weighted by atomic mass is 35.5. The highest BCUT2D eigenvalue weighted by molar-refractivity contribution is 5.95. The van der Waals surface area contributed by atoms with Gasteiger partial charge in [0.15, 0.2) is 0 Å². The number of amides is 1. The molecule has 1 fully saturated rings. The van der Waals surface area contributed by atoms with Crippen LogP contribution in [0.5, 0.6) is 5.75 Å².